The molecule has 5 heteroatoms. The average molecular weight is 256 g/mol. The fourth-order valence-electron chi connectivity index (χ4n) is 1.63. The van der Waals surface area contributed by atoms with Crippen LogP contribution in [-0.4, -0.2) is 11.9 Å². The van der Waals surface area contributed by atoms with Gasteiger partial charge in [0.1, 0.15) is 0 Å². The summed E-state index contributed by atoms with van der Waals surface area (Å²) in [6, 6.07) is 12.0. The van der Waals surface area contributed by atoms with Gasteiger partial charge in [-0.15, -0.1) is 0 Å². The van der Waals surface area contributed by atoms with Gasteiger partial charge in [0.15, 0.2) is 12.4 Å². The van der Waals surface area contributed by atoms with Crippen LogP contribution in [0.5, 0.6) is 0 Å². The molecule has 0 fully saturated rings. The molecule has 1 amide bonds. The maximum absolute atomic E-state index is 11.8. The molecule has 1 N–H and O–H groups in total. The van der Waals surface area contributed by atoms with Gasteiger partial charge in [-0.3, -0.25) is 4.79 Å². The smallest absolute Gasteiger partial charge is 0.290 e. The monoisotopic (exact) mass is 256 g/mol. The minimum Gasteiger partial charge on any atom is -0.545 e. The maximum atomic E-state index is 11.8. The number of pyridine rings is 1. The number of benzene rings is 1. The first-order valence-electron chi connectivity index (χ1n) is 5.70. The largest absolute Gasteiger partial charge is 0.545 e. The molecule has 0 aliphatic rings. The van der Waals surface area contributed by atoms with Gasteiger partial charge in [0.25, 0.3) is 5.91 Å². The van der Waals surface area contributed by atoms with Gasteiger partial charge in [0.05, 0.1) is 11.5 Å². The lowest BCUT2D eigenvalue weighted by Crippen LogP contribution is -2.41. The molecule has 0 saturated heterocycles. The van der Waals surface area contributed by atoms with Crippen LogP contribution in [0.4, 0.5) is 5.69 Å². The number of nitrogens with one attached hydrogen (secondary N) is 1. The van der Waals surface area contributed by atoms with E-state index in [-0.39, 0.29) is 18.0 Å². The number of para-hydroxylation sites is 1. The molecule has 19 heavy (non-hydrogen) atoms. The molecule has 0 bridgehead atoms. The number of rotatable bonds is 4. The van der Waals surface area contributed by atoms with Crippen molar-refractivity contribution in [1.82, 2.24) is 0 Å². The SMILES string of the molecule is O=C(C[n+]1cccc(C(=O)[O-])c1)Nc1ccccc1. The third-order valence-corrected chi connectivity index (χ3v) is 2.48. The van der Waals surface area contributed by atoms with Crippen molar-refractivity contribution in [2.24, 2.45) is 0 Å². The molecule has 0 aliphatic heterocycles. The second-order valence-electron chi connectivity index (χ2n) is 3.97. The lowest BCUT2D eigenvalue weighted by molar-refractivity contribution is -0.684. The number of aromatic nitrogens is 1. The summed E-state index contributed by atoms with van der Waals surface area (Å²) in [4.78, 5) is 22.5. The Bertz CT molecular complexity index is 597. The van der Waals surface area contributed by atoms with Crippen LogP contribution in [0.15, 0.2) is 54.9 Å². The molecule has 0 aliphatic carbocycles. The van der Waals surface area contributed by atoms with Crippen LogP contribution in [-0.2, 0) is 11.3 Å². The van der Waals surface area contributed by atoms with Crippen LogP contribution in [0.3, 0.4) is 0 Å². The van der Waals surface area contributed by atoms with E-state index in [0.29, 0.717) is 5.69 Å². The highest BCUT2D eigenvalue weighted by Gasteiger charge is 2.10. The van der Waals surface area contributed by atoms with E-state index in [1.165, 1.54) is 16.8 Å². The fraction of sp³-hybridized carbons (Fsp3) is 0.0714. The molecule has 2 aromatic rings. The number of amides is 1. The summed E-state index contributed by atoms with van der Waals surface area (Å²) in [6.45, 7) is 0.0377. The van der Waals surface area contributed by atoms with Gasteiger partial charge in [-0.1, -0.05) is 18.2 Å². The minimum absolute atomic E-state index is 0.0370. The van der Waals surface area contributed by atoms with Crippen molar-refractivity contribution in [3.05, 3.63) is 60.4 Å². The summed E-state index contributed by atoms with van der Waals surface area (Å²) >= 11 is 0. The molecule has 0 radical (unpaired) electrons. The Balaban J connectivity index is 2.03. The molecule has 96 valence electrons. The summed E-state index contributed by atoms with van der Waals surface area (Å²) in [5.74, 6) is -1.50. The number of carboxylic acids is 1. The quantitative estimate of drug-likeness (QED) is 0.781. The second-order valence-corrected chi connectivity index (χ2v) is 3.97. The topological polar surface area (TPSA) is 73.1 Å². The van der Waals surface area contributed by atoms with E-state index in [1.807, 2.05) is 18.2 Å². The normalized spacial score (nSPS) is 9.89. The number of carbonyl (C=O) groups is 2. The van der Waals surface area contributed by atoms with E-state index in [0.717, 1.165) is 0 Å². The van der Waals surface area contributed by atoms with Crippen molar-refractivity contribution in [3.63, 3.8) is 0 Å². The summed E-state index contributed by atoms with van der Waals surface area (Å²) in [5.41, 5.74) is 0.735. The lowest BCUT2D eigenvalue weighted by Gasteiger charge is -2.03. The highest BCUT2D eigenvalue weighted by atomic mass is 16.4. The average Bonchev–Trinajstić information content (AvgIpc) is 2.40. The van der Waals surface area contributed by atoms with E-state index in [9.17, 15) is 14.7 Å². The van der Waals surface area contributed by atoms with Gasteiger partial charge >= 0.3 is 0 Å². The first-order valence-corrected chi connectivity index (χ1v) is 5.70. The Kier molecular flexibility index (Phi) is 3.87. The number of hydrogen-bond donors (Lipinski definition) is 1. The molecule has 5 nitrogen and oxygen atoms in total. The van der Waals surface area contributed by atoms with Gasteiger partial charge in [0.2, 0.25) is 6.54 Å². The summed E-state index contributed by atoms with van der Waals surface area (Å²) in [7, 11) is 0. The van der Waals surface area contributed by atoms with E-state index < -0.39 is 5.97 Å². The van der Waals surface area contributed by atoms with Crippen molar-refractivity contribution in [1.29, 1.82) is 0 Å². The molecular weight excluding hydrogens is 244 g/mol. The Morgan fingerprint density at radius 3 is 2.53 bits per heavy atom. The van der Waals surface area contributed by atoms with Crippen molar-refractivity contribution in [2.45, 2.75) is 6.54 Å². The molecule has 0 saturated carbocycles. The lowest BCUT2D eigenvalue weighted by atomic mass is 10.3. The summed E-state index contributed by atoms with van der Waals surface area (Å²) < 4.78 is 1.49. The first-order chi connectivity index (χ1) is 9.15. The molecule has 1 heterocycles. The van der Waals surface area contributed by atoms with Gasteiger partial charge in [-0.05, 0) is 18.2 Å². The maximum Gasteiger partial charge on any atom is 0.290 e. The standard InChI is InChI=1S/C14H12N2O3/c17-13(15-12-6-2-1-3-7-12)10-16-8-4-5-11(9-16)14(18)19/h1-9H,10H2,(H-,15,17,18,19). The van der Waals surface area contributed by atoms with Crippen LogP contribution >= 0.6 is 0 Å². The minimum atomic E-state index is -1.27. The van der Waals surface area contributed by atoms with E-state index in [4.69, 9.17) is 0 Å². The van der Waals surface area contributed by atoms with Crippen LogP contribution in [0, 0.1) is 0 Å². The number of carboxylic acid groups (broad SMARTS) is 1. The molecule has 1 aromatic heterocycles. The van der Waals surface area contributed by atoms with Crippen LogP contribution in [0.2, 0.25) is 0 Å². The van der Waals surface area contributed by atoms with Crippen molar-refractivity contribution in [3.8, 4) is 0 Å². The number of aromatic carboxylic acids is 1. The van der Waals surface area contributed by atoms with Crippen molar-refractivity contribution >= 4 is 17.6 Å². The molecule has 0 spiro atoms. The van der Waals surface area contributed by atoms with Crippen LogP contribution < -0.4 is 15.0 Å². The van der Waals surface area contributed by atoms with Gasteiger partial charge in [-0.2, -0.15) is 4.57 Å². The number of anilines is 1. The number of hydrogen-bond acceptors (Lipinski definition) is 3. The van der Waals surface area contributed by atoms with Crippen molar-refractivity contribution in [2.75, 3.05) is 5.32 Å². The van der Waals surface area contributed by atoms with Crippen LogP contribution in [0.1, 0.15) is 10.4 Å². The highest BCUT2D eigenvalue weighted by molar-refractivity contribution is 5.89. The third kappa shape index (κ3) is 3.64. The first kappa shape index (κ1) is 12.8. The van der Waals surface area contributed by atoms with Crippen LogP contribution in [0.25, 0.3) is 0 Å². The Labute approximate surface area is 110 Å². The second kappa shape index (κ2) is 5.77. The zero-order chi connectivity index (χ0) is 13.7. The van der Waals surface area contributed by atoms with Gasteiger partial charge < -0.3 is 15.2 Å². The zero-order valence-electron chi connectivity index (χ0n) is 10.1. The Morgan fingerprint density at radius 1 is 1.11 bits per heavy atom. The molecule has 0 unspecified atom stereocenters. The predicted octanol–water partition coefficient (Wildman–Crippen LogP) is -0.0237. The van der Waals surface area contributed by atoms with E-state index in [2.05, 4.69) is 5.32 Å². The summed E-state index contributed by atoms with van der Waals surface area (Å²) in [6.07, 6.45) is 2.98. The highest BCUT2D eigenvalue weighted by Crippen LogP contribution is 2.04. The fourth-order valence-corrected chi connectivity index (χ4v) is 1.63. The van der Waals surface area contributed by atoms with Gasteiger partial charge in [-0.25, -0.2) is 0 Å². The number of nitrogens with zero attached hydrogens (tertiary/aromatic N) is 1. The molecular formula is C14H12N2O3. The Hall–Kier alpha value is -2.69. The van der Waals surface area contributed by atoms with Gasteiger partial charge in [0, 0.05) is 11.8 Å². The molecule has 1 aromatic carbocycles. The van der Waals surface area contributed by atoms with E-state index in [1.54, 1.807) is 24.4 Å². The predicted molar refractivity (Wildman–Crippen MR) is 66.0 cm³/mol. The number of carbonyl (C=O) groups excluding carboxylic acids is 2. The summed E-state index contributed by atoms with van der Waals surface area (Å²) in [5, 5.41) is 13.4. The zero-order valence-corrected chi connectivity index (χ0v) is 10.1. The molecule has 2 rings (SSSR count). The molecule has 0 atom stereocenters. The van der Waals surface area contributed by atoms with Crippen molar-refractivity contribution < 1.29 is 19.3 Å². The van der Waals surface area contributed by atoms with E-state index >= 15 is 0 Å². The Morgan fingerprint density at radius 2 is 1.84 bits per heavy atom. The third-order valence-electron chi connectivity index (χ3n) is 2.48.